The number of benzene rings is 1. The van der Waals surface area contributed by atoms with Crippen LogP contribution in [-0.2, 0) is 21.8 Å². The topological polar surface area (TPSA) is 69.6 Å². The van der Waals surface area contributed by atoms with Gasteiger partial charge in [0.2, 0.25) is 5.91 Å². The Bertz CT molecular complexity index is 1230. The smallest absolute Gasteiger partial charge is 0.354 e. The van der Waals surface area contributed by atoms with E-state index in [4.69, 9.17) is 0 Å². The van der Waals surface area contributed by atoms with Crippen molar-refractivity contribution in [2.75, 3.05) is 49.1 Å². The van der Waals surface area contributed by atoms with Crippen LogP contribution < -0.4 is 9.80 Å². The van der Waals surface area contributed by atoms with Crippen molar-refractivity contribution < 1.29 is 22.8 Å². The predicted octanol–water partition coefficient (Wildman–Crippen LogP) is 5.61. The Balaban J connectivity index is 1.35. The Morgan fingerprint density at radius 1 is 1.00 bits per heavy atom. The number of anilines is 2. The van der Waals surface area contributed by atoms with E-state index in [9.17, 15) is 22.8 Å². The fourth-order valence-corrected chi connectivity index (χ4v) is 5.48. The molecular weight excluding hydrogens is 519 g/mol. The van der Waals surface area contributed by atoms with Gasteiger partial charge in [-0.1, -0.05) is 46.8 Å². The molecule has 0 N–H and O–H groups in total. The molecule has 4 rings (SSSR count). The lowest BCUT2D eigenvalue weighted by Gasteiger charge is -2.40. The molecule has 1 aromatic carbocycles. The van der Waals surface area contributed by atoms with Gasteiger partial charge in [0, 0.05) is 61.6 Å². The molecule has 2 aliphatic heterocycles. The van der Waals surface area contributed by atoms with Gasteiger partial charge in [-0.05, 0) is 37.9 Å². The summed E-state index contributed by atoms with van der Waals surface area (Å²) in [4.78, 5) is 39.7. The fourth-order valence-electron chi connectivity index (χ4n) is 5.48. The number of para-hydroxylation sites is 1. The minimum atomic E-state index is -4.53. The normalized spacial score (nSPS) is 18.2. The number of unbranched alkanes of at least 4 members (excludes halogenated alkanes) is 1. The van der Waals surface area contributed by atoms with Gasteiger partial charge in [-0.25, -0.2) is 9.97 Å². The molecule has 3 heterocycles. The van der Waals surface area contributed by atoms with E-state index in [1.54, 1.807) is 11.0 Å². The molecule has 218 valence electrons. The molecule has 1 amide bonds. The Labute approximate surface area is 234 Å². The first-order valence-electron chi connectivity index (χ1n) is 14.0. The molecule has 40 heavy (non-hydrogen) atoms. The zero-order chi connectivity index (χ0) is 29.5. The second-order valence-corrected chi connectivity index (χ2v) is 12.6. The van der Waals surface area contributed by atoms with E-state index in [1.165, 1.54) is 6.92 Å². The Morgan fingerprint density at radius 3 is 2.25 bits per heavy atom. The van der Waals surface area contributed by atoms with Crippen LogP contribution in [-0.4, -0.2) is 65.8 Å². The van der Waals surface area contributed by atoms with E-state index in [-0.39, 0.29) is 22.9 Å². The number of piperazine rings is 1. The van der Waals surface area contributed by atoms with Crippen molar-refractivity contribution in [3.63, 3.8) is 0 Å². The lowest BCUT2D eigenvalue weighted by atomic mass is 9.76. The molecule has 1 saturated heterocycles. The lowest BCUT2D eigenvalue weighted by Crippen LogP contribution is -2.47. The number of hydrogen-bond donors (Lipinski definition) is 0. The molecule has 0 saturated carbocycles. The highest BCUT2D eigenvalue weighted by molar-refractivity contribution is 6.07. The van der Waals surface area contributed by atoms with E-state index in [1.807, 2.05) is 51.7 Å². The molecule has 2 aliphatic rings. The summed E-state index contributed by atoms with van der Waals surface area (Å²) < 4.78 is 40.6. The molecule has 7 nitrogen and oxygen atoms in total. The number of amides is 1. The third-order valence-corrected chi connectivity index (χ3v) is 7.78. The lowest BCUT2D eigenvalue weighted by molar-refractivity contribution is -0.141. The quantitative estimate of drug-likeness (QED) is 0.324. The number of hydrogen-bond acceptors (Lipinski definition) is 6. The second kappa shape index (κ2) is 11.1. The van der Waals surface area contributed by atoms with Crippen molar-refractivity contribution in [1.82, 2.24) is 14.9 Å². The van der Waals surface area contributed by atoms with Crippen molar-refractivity contribution in [3.8, 4) is 0 Å². The fraction of sp³-hybridized carbons (Fsp3) is 0.600. The molecule has 2 aromatic rings. The van der Waals surface area contributed by atoms with Crippen LogP contribution in [0.2, 0.25) is 0 Å². The molecule has 10 heteroatoms. The maximum Gasteiger partial charge on any atom is 0.433 e. The number of fused-ring (bicyclic) bond motifs is 1. The van der Waals surface area contributed by atoms with Gasteiger partial charge < -0.3 is 9.80 Å². The minimum absolute atomic E-state index is 0.0394. The minimum Gasteiger partial charge on any atom is -0.354 e. The maximum absolute atomic E-state index is 13.5. The Kier molecular flexibility index (Phi) is 8.32. The highest BCUT2D eigenvalue weighted by atomic mass is 19.4. The number of carbonyl (C=O) groups excluding carboxylic acids is 2. The van der Waals surface area contributed by atoms with Gasteiger partial charge >= 0.3 is 6.18 Å². The van der Waals surface area contributed by atoms with Crippen molar-refractivity contribution in [3.05, 3.63) is 46.9 Å². The first-order valence-corrected chi connectivity index (χ1v) is 14.0. The van der Waals surface area contributed by atoms with Crippen LogP contribution >= 0.6 is 0 Å². The number of Topliss-reactive ketones (excluding diaryl/α,β-unsaturated/α-hetero) is 1. The number of ketones is 1. The van der Waals surface area contributed by atoms with E-state index in [2.05, 4.69) is 14.9 Å². The third-order valence-electron chi connectivity index (χ3n) is 7.78. The van der Waals surface area contributed by atoms with E-state index in [0.29, 0.717) is 50.5 Å². The number of alkyl halides is 3. The van der Waals surface area contributed by atoms with E-state index in [0.717, 1.165) is 36.7 Å². The number of aromatic nitrogens is 2. The van der Waals surface area contributed by atoms with Crippen LogP contribution in [0.3, 0.4) is 0 Å². The van der Waals surface area contributed by atoms with Crippen molar-refractivity contribution in [2.45, 2.75) is 77.8 Å². The van der Waals surface area contributed by atoms with Crippen molar-refractivity contribution in [2.24, 2.45) is 0 Å². The maximum atomic E-state index is 13.5. The second-order valence-electron chi connectivity index (χ2n) is 12.6. The Hall–Kier alpha value is -3.01. The van der Waals surface area contributed by atoms with E-state index < -0.39 is 17.3 Å². The molecule has 1 aromatic heterocycles. The monoisotopic (exact) mass is 559 g/mol. The van der Waals surface area contributed by atoms with Gasteiger partial charge in [-0.2, -0.15) is 13.2 Å². The van der Waals surface area contributed by atoms with E-state index >= 15 is 0 Å². The summed E-state index contributed by atoms with van der Waals surface area (Å²) >= 11 is 0. The molecule has 0 spiro atoms. The number of rotatable bonds is 7. The molecular formula is C30H40F3N5O2. The number of halogens is 3. The van der Waals surface area contributed by atoms with Gasteiger partial charge in [-0.15, -0.1) is 0 Å². The summed E-state index contributed by atoms with van der Waals surface area (Å²) in [5.74, 6) is 0.492. The molecule has 0 bridgehead atoms. The summed E-state index contributed by atoms with van der Waals surface area (Å²) in [6.45, 7) is 15.0. The third kappa shape index (κ3) is 6.48. The first kappa shape index (κ1) is 30.0. The number of carbonyl (C=O) groups is 2. The average Bonchev–Trinajstić information content (AvgIpc) is 2.86. The van der Waals surface area contributed by atoms with Crippen LogP contribution in [0.1, 0.15) is 88.2 Å². The standard InChI is InChI=1S/C30H40F3N5O2/c1-20(39)21-10-9-11-22-26(21)38(25(40)19-29(22,5)6)13-8-7-12-36-14-16-37(17-15-36)24-18-23(30(31,32)33)34-27(35-24)28(2,3)4/h9-11,18H,7-8,12-17,19H2,1-6H3. The van der Waals surface area contributed by atoms with Gasteiger partial charge in [0.15, 0.2) is 5.78 Å². The van der Waals surface area contributed by atoms with Crippen LogP contribution in [0.4, 0.5) is 24.7 Å². The largest absolute Gasteiger partial charge is 0.433 e. The summed E-state index contributed by atoms with van der Waals surface area (Å²) in [6.07, 6.45) is -2.48. The van der Waals surface area contributed by atoms with Gasteiger partial charge in [0.05, 0.1) is 5.69 Å². The molecule has 0 radical (unpaired) electrons. The van der Waals surface area contributed by atoms with Gasteiger partial charge in [0.1, 0.15) is 17.3 Å². The Morgan fingerprint density at radius 2 is 1.65 bits per heavy atom. The summed E-state index contributed by atoms with van der Waals surface area (Å²) in [5.41, 5.74) is 0.533. The first-order chi connectivity index (χ1) is 18.6. The molecule has 0 aliphatic carbocycles. The van der Waals surface area contributed by atoms with Crippen LogP contribution in [0, 0.1) is 0 Å². The molecule has 0 atom stereocenters. The summed E-state index contributed by atoms with van der Waals surface area (Å²) in [7, 11) is 0. The van der Waals surface area contributed by atoms with Gasteiger partial charge in [-0.3, -0.25) is 14.5 Å². The zero-order valence-electron chi connectivity index (χ0n) is 24.4. The van der Waals surface area contributed by atoms with Gasteiger partial charge in [0.25, 0.3) is 0 Å². The summed E-state index contributed by atoms with van der Waals surface area (Å²) in [6, 6.07) is 6.75. The SMILES string of the molecule is CC(=O)c1cccc2c1N(CCCCN1CCN(c3cc(C(F)(F)F)nc(C(C)(C)C)n3)CC1)C(=O)CC2(C)C. The van der Waals surface area contributed by atoms with Crippen LogP contribution in [0.5, 0.6) is 0 Å². The van der Waals surface area contributed by atoms with Crippen LogP contribution in [0.25, 0.3) is 0 Å². The zero-order valence-corrected chi connectivity index (χ0v) is 24.4. The van der Waals surface area contributed by atoms with Crippen molar-refractivity contribution in [1.29, 1.82) is 0 Å². The number of nitrogens with zero attached hydrogens (tertiary/aromatic N) is 5. The predicted molar refractivity (Wildman–Crippen MR) is 150 cm³/mol. The summed E-state index contributed by atoms with van der Waals surface area (Å²) in [5, 5.41) is 0. The highest BCUT2D eigenvalue weighted by Gasteiger charge is 2.38. The average molecular weight is 560 g/mol. The molecule has 0 unspecified atom stereocenters. The van der Waals surface area contributed by atoms with Crippen molar-refractivity contribution >= 4 is 23.2 Å². The molecule has 1 fully saturated rings. The highest BCUT2D eigenvalue weighted by Crippen LogP contribution is 2.42. The van der Waals surface area contributed by atoms with Crippen LogP contribution in [0.15, 0.2) is 24.3 Å².